The average Bonchev–Trinajstić information content (AvgIpc) is 2.48. The molecule has 0 aliphatic rings. The summed E-state index contributed by atoms with van der Waals surface area (Å²) in [7, 11) is 1.61. The maximum Gasteiger partial charge on any atom is 0.124 e. The van der Waals surface area contributed by atoms with E-state index < -0.39 is 0 Å². The summed E-state index contributed by atoms with van der Waals surface area (Å²) < 4.78 is 19.1. The zero-order chi connectivity index (χ0) is 15.4. The summed E-state index contributed by atoms with van der Waals surface area (Å²) in [5.74, 6) is 0.443. The van der Waals surface area contributed by atoms with Crippen molar-refractivity contribution in [2.24, 2.45) is 0 Å². The van der Waals surface area contributed by atoms with Crippen LogP contribution in [-0.4, -0.2) is 13.7 Å². The molecule has 0 saturated heterocycles. The Morgan fingerprint density at radius 1 is 1.10 bits per heavy atom. The molecule has 0 saturated carbocycles. The number of nitrogens with one attached hydrogen (secondary N) is 1. The fourth-order valence-electron chi connectivity index (χ4n) is 2.49. The fourth-order valence-corrected chi connectivity index (χ4v) is 2.49. The average molecular weight is 287 g/mol. The van der Waals surface area contributed by atoms with Crippen LogP contribution in [0.5, 0.6) is 5.75 Å². The molecule has 2 nitrogen and oxygen atoms in total. The lowest BCUT2D eigenvalue weighted by Gasteiger charge is -2.22. The van der Waals surface area contributed by atoms with E-state index in [9.17, 15) is 4.39 Å². The number of aryl methyl sites for hydroxylation is 2. The van der Waals surface area contributed by atoms with Crippen molar-refractivity contribution in [3.63, 3.8) is 0 Å². The Balaban J connectivity index is 2.52. The lowest BCUT2D eigenvalue weighted by Crippen LogP contribution is -2.23. The zero-order valence-electron chi connectivity index (χ0n) is 13.0. The van der Waals surface area contributed by atoms with Gasteiger partial charge in [0.15, 0.2) is 0 Å². The molecular formula is C18H22FNO. The molecule has 0 bridgehead atoms. The first-order valence-electron chi connectivity index (χ1n) is 7.20. The summed E-state index contributed by atoms with van der Waals surface area (Å²) in [6, 6.07) is 10.9. The molecule has 1 unspecified atom stereocenters. The van der Waals surface area contributed by atoms with Crippen LogP contribution in [0, 0.1) is 19.7 Å². The number of hydrogen-bond acceptors (Lipinski definition) is 2. The molecule has 1 N–H and O–H groups in total. The molecule has 0 radical (unpaired) electrons. The Hall–Kier alpha value is -1.87. The second kappa shape index (κ2) is 6.72. The highest BCUT2D eigenvalue weighted by Gasteiger charge is 2.18. The second-order valence-electron chi connectivity index (χ2n) is 5.22. The van der Waals surface area contributed by atoms with Crippen molar-refractivity contribution in [2.45, 2.75) is 26.8 Å². The van der Waals surface area contributed by atoms with Crippen LogP contribution in [0.3, 0.4) is 0 Å². The van der Waals surface area contributed by atoms with Crippen molar-refractivity contribution >= 4 is 0 Å². The quantitative estimate of drug-likeness (QED) is 0.892. The fraction of sp³-hybridized carbons (Fsp3) is 0.333. The Morgan fingerprint density at radius 3 is 2.48 bits per heavy atom. The Morgan fingerprint density at radius 2 is 1.86 bits per heavy atom. The lowest BCUT2D eigenvalue weighted by molar-refractivity contribution is 0.402. The first kappa shape index (κ1) is 15.5. The highest BCUT2D eigenvalue weighted by Crippen LogP contribution is 2.31. The molecule has 1 atom stereocenters. The van der Waals surface area contributed by atoms with E-state index in [-0.39, 0.29) is 11.9 Å². The number of methoxy groups -OCH3 is 1. The van der Waals surface area contributed by atoms with Crippen LogP contribution < -0.4 is 10.1 Å². The number of ether oxygens (including phenoxy) is 1. The monoisotopic (exact) mass is 287 g/mol. The van der Waals surface area contributed by atoms with Crippen LogP contribution in [-0.2, 0) is 0 Å². The van der Waals surface area contributed by atoms with Crippen LogP contribution in [0.1, 0.15) is 35.2 Å². The number of benzene rings is 2. The maximum atomic E-state index is 13.7. The summed E-state index contributed by atoms with van der Waals surface area (Å²) in [6.45, 7) is 7.01. The van der Waals surface area contributed by atoms with E-state index in [2.05, 4.69) is 37.4 Å². The van der Waals surface area contributed by atoms with E-state index in [1.165, 1.54) is 17.2 Å². The van der Waals surface area contributed by atoms with Crippen LogP contribution in [0.15, 0.2) is 36.4 Å². The van der Waals surface area contributed by atoms with Gasteiger partial charge >= 0.3 is 0 Å². The highest BCUT2D eigenvalue weighted by molar-refractivity contribution is 5.43. The van der Waals surface area contributed by atoms with Crippen molar-refractivity contribution in [3.8, 4) is 5.75 Å². The van der Waals surface area contributed by atoms with E-state index in [4.69, 9.17) is 4.74 Å². The first-order valence-corrected chi connectivity index (χ1v) is 7.20. The minimum absolute atomic E-state index is 0.0834. The largest absolute Gasteiger partial charge is 0.496 e. The third kappa shape index (κ3) is 3.42. The Kier molecular flexibility index (Phi) is 4.97. The topological polar surface area (TPSA) is 21.3 Å². The number of hydrogen-bond donors (Lipinski definition) is 1. The van der Waals surface area contributed by atoms with E-state index in [1.54, 1.807) is 19.2 Å². The van der Waals surface area contributed by atoms with Gasteiger partial charge in [-0.2, -0.15) is 0 Å². The summed E-state index contributed by atoms with van der Waals surface area (Å²) in [6.07, 6.45) is 0. The van der Waals surface area contributed by atoms with Gasteiger partial charge in [-0.3, -0.25) is 0 Å². The van der Waals surface area contributed by atoms with Gasteiger partial charge in [-0.25, -0.2) is 4.39 Å². The molecule has 0 fully saturated rings. The van der Waals surface area contributed by atoms with E-state index in [0.29, 0.717) is 5.75 Å². The van der Waals surface area contributed by atoms with Crippen molar-refractivity contribution < 1.29 is 9.13 Å². The summed E-state index contributed by atoms with van der Waals surface area (Å²) in [4.78, 5) is 0. The SMILES string of the molecule is CCNC(c1ccc(C)c(C)c1)c1cc(F)ccc1OC. The Labute approximate surface area is 126 Å². The number of rotatable bonds is 5. The van der Waals surface area contributed by atoms with Gasteiger partial charge in [-0.1, -0.05) is 25.1 Å². The molecule has 0 aliphatic heterocycles. The van der Waals surface area contributed by atoms with Crippen LogP contribution >= 0.6 is 0 Å². The van der Waals surface area contributed by atoms with Gasteiger partial charge in [0, 0.05) is 5.56 Å². The molecule has 0 aromatic heterocycles. The molecule has 2 aromatic carbocycles. The smallest absolute Gasteiger partial charge is 0.124 e. The van der Waals surface area contributed by atoms with Gasteiger partial charge in [0.05, 0.1) is 13.2 Å². The van der Waals surface area contributed by atoms with Gasteiger partial charge in [0.1, 0.15) is 11.6 Å². The normalized spacial score (nSPS) is 12.2. The predicted octanol–water partition coefficient (Wildman–Crippen LogP) is 4.15. The third-order valence-electron chi connectivity index (χ3n) is 3.78. The number of halogens is 1. The lowest BCUT2D eigenvalue weighted by atomic mass is 9.95. The summed E-state index contributed by atoms with van der Waals surface area (Å²) in [5.41, 5.74) is 4.41. The molecule has 3 heteroatoms. The minimum Gasteiger partial charge on any atom is -0.496 e. The van der Waals surface area contributed by atoms with Crippen LogP contribution in [0.25, 0.3) is 0 Å². The molecule has 0 spiro atoms. The van der Waals surface area contributed by atoms with E-state index >= 15 is 0 Å². The molecule has 2 aromatic rings. The predicted molar refractivity (Wildman–Crippen MR) is 84.4 cm³/mol. The summed E-state index contributed by atoms with van der Waals surface area (Å²) >= 11 is 0. The van der Waals surface area contributed by atoms with Gasteiger partial charge < -0.3 is 10.1 Å². The Bertz CT molecular complexity index is 625. The molecule has 0 amide bonds. The van der Waals surface area contributed by atoms with Gasteiger partial charge in [-0.15, -0.1) is 0 Å². The highest BCUT2D eigenvalue weighted by atomic mass is 19.1. The van der Waals surface area contributed by atoms with Crippen molar-refractivity contribution in [1.29, 1.82) is 0 Å². The first-order chi connectivity index (χ1) is 10.1. The van der Waals surface area contributed by atoms with Gasteiger partial charge in [0.2, 0.25) is 0 Å². The van der Waals surface area contributed by atoms with E-state index in [1.807, 2.05) is 6.92 Å². The van der Waals surface area contributed by atoms with Gasteiger partial charge in [0.25, 0.3) is 0 Å². The minimum atomic E-state index is -0.252. The van der Waals surface area contributed by atoms with Crippen LogP contribution in [0.2, 0.25) is 0 Å². The van der Waals surface area contributed by atoms with Crippen molar-refractivity contribution in [1.82, 2.24) is 5.32 Å². The molecule has 0 aliphatic carbocycles. The zero-order valence-corrected chi connectivity index (χ0v) is 13.0. The van der Waals surface area contributed by atoms with E-state index in [0.717, 1.165) is 17.7 Å². The molecule has 112 valence electrons. The summed E-state index contributed by atoms with van der Waals surface area (Å²) in [5, 5.41) is 3.42. The maximum absolute atomic E-state index is 13.7. The molecule has 21 heavy (non-hydrogen) atoms. The van der Waals surface area contributed by atoms with Crippen molar-refractivity contribution in [3.05, 3.63) is 64.5 Å². The molecule has 2 rings (SSSR count). The van der Waals surface area contributed by atoms with Crippen molar-refractivity contribution in [2.75, 3.05) is 13.7 Å². The van der Waals surface area contributed by atoms with Crippen LogP contribution in [0.4, 0.5) is 4.39 Å². The molecule has 0 heterocycles. The second-order valence-corrected chi connectivity index (χ2v) is 5.22. The van der Waals surface area contributed by atoms with Gasteiger partial charge in [-0.05, 0) is 55.3 Å². The molecular weight excluding hydrogens is 265 g/mol. The third-order valence-corrected chi connectivity index (χ3v) is 3.78. The standard InChI is InChI=1S/C18H22FNO/c1-5-20-18(14-7-6-12(2)13(3)10-14)16-11-15(19)8-9-17(16)21-4/h6-11,18,20H,5H2,1-4H3.